The number of aromatic nitrogens is 2. The van der Waals surface area contributed by atoms with Crippen LogP contribution < -0.4 is 5.73 Å². The Bertz CT molecular complexity index is 905. The third-order valence-corrected chi connectivity index (χ3v) is 4.50. The third kappa shape index (κ3) is 4.18. The number of nitrogen functional groups attached to an aromatic ring is 1. The summed E-state index contributed by atoms with van der Waals surface area (Å²) >= 11 is 0. The zero-order valence-corrected chi connectivity index (χ0v) is 16.4. The van der Waals surface area contributed by atoms with Gasteiger partial charge < -0.3 is 24.7 Å². The van der Waals surface area contributed by atoms with Crippen molar-refractivity contribution in [3.63, 3.8) is 0 Å². The summed E-state index contributed by atoms with van der Waals surface area (Å²) in [6.07, 6.45) is -0.692. The Balaban J connectivity index is 1.92. The molecule has 1 fully saturated rings. The lowest BCUT2D eigenvalue weighted by Crippen LogP contribution is -2.50. The first kappa shape index (κ1) is 19.9. The van der Waals surface area contributed by atoms with Gasteiger partial charge in [0.25, 0.3) is 0 Å². The summed E-state index contributed by atoms with van der Waals surface area (Å²) in [7, 11) is 0. The van der Waals surface area contributed by atoms with Gasteiger partial charge in [0.1, 0.15) is 17.5 Å². The maximum atomic E-state index is 13.8. The molecular formula is C19H25FN4O4. The normalized spacial score (nSPS) is 20.2. The van der Waals surface area contributed by atoms with E-state index >= 15 is 0 Å². The molecule has 1 aromatic heterocycles. The highest BCUT2D eigenvalue weighted by atomic mass is 19.1. The number of piperidine rings is 1. The van der Waals surface area contributed by atoms with Crippen LogP contribution in [0.4, 0.5) is 15.1 Å². The first-order valence-corrected chi connectivity index (χ1v) is 9.13. The Kier molecular flexibility index (Phi) is 5.18. The van der Waals surface area contributed by atoms with Crippen LogP contribution in [0.25, 0.3) is 11.0 Å². The summed E-state index contributed by atoms with van der Waals surface area (Å²) in [5.41, 5.74) is 6.53. The van der Waals surface area contributed by atoms with E-state index in [1.807, 2.05) is 0 Å². The fraction of sp³-hybridized carbons (Fsp3) is 0.526. The van der Waals surface area contributed by atoms with E-state index in [1.54, 1.807) is 31.4 Å². The summed E-state index contributed by atoms with van der Waals surface area (Å²) in [4.78, 5) is 29.9. The van der Waals surface area contributed by atoms with Crippen LogP contribution in [-0.4, -0.2) is 51.3 Å². The molecule has 2 unspecified atom stereocenters. The number of fused-ring (bicyclic) bond motifs is 1. The van der Waals surface area contributed by atoms with Gasteiger partial charge in [-0.2, -0.15) is 0 Å². The van der Waals surface area contributed by atoms with E-state index in [0.29, 0.717) is 24.0 Å². The minimum Gasteiger partial charge on any atom is -0.458 e. The maximum absolute atomic E-state index is 13.8. The van der Waals surface area contributed by atoms with Crippen LogP contribution in [0.1, 0.15) is 40.2 Å². The minimum absolute atomic E-state index is 0.146. The van der Waals surface area contributed by atoms with Crippen molar-refractivity contribution < 1.29 is 23.5 Å². The van der Waals surface area contributed by atoms with Gasteiger partial charge in [0, 0.05) is 13.5 Å². The molecule has 2 heterocycles. The molecule has 1 saturated heterocycles. The standard InChI is InChI=1S/C19H25FN4O4/c1-11(25)27-16-10-23(18(26)28-19(2,3)4)8-7-14(16)24-15-9-12(20)5-6-13(15)22-17(24)21/h5-6,9,14,16H,7-8,10H2,1-4H3,(H2,21,22). The number of rotatable bonds is 2. The highest BCUT2D eigenvalue weighted by molar-refractivity contribution is 5.78. The number of esters is 1. The number of imidazole rings is 1. The molecule has 1 amide bonds. The molecule has 152 valence electrons. The average Bonchev–Trinajstić information content (AvgIpc) is 2.88. The van der Waals surface area contributed by atoms with Gasteiger partial charge in [-0.1, -0.05) is 0 Å². The molecule has 28 heavy (non-hydrogen) atoms. The molecule has 8 nitrogen and oxygen atoms in total. The van der Waals surface area contributed by atoms with Crippen molar-refractivity contribution in [1.82, 2.24) is 14.5 Å². The van der Waals surface area contributed by atoms with E-state index in [0.717, 1.165) is 0 Å². The molecule has 0 radical (unpaired) electrons. The number of hydrogen-bond donors (Lipinski definition) is 1. The van der Waals surface area contributed by atoms with Crippen molar-refractivity contribution in [3.05, 3.63) is 24.0 Å². The van der Waals surface area contributed by atoms with Crippen LogP contribution in [0.5, 0.6) is 0 Å². The number of halogens is 1. The lowest BCUT2D eigenvalue weighted by atomic mass is 10.0. The van der Waals surface area contributed by atoms with Gasteiger partial charge in [0.2, 0.25) is 5.95 Å². The molecule has 2 aromatic rings. The van der Waals surface area contributed by atoms with E-state index in [9.17, 15) is 14.0 Å². The molecule has 9 heteroatoms. The smallest absolute Gasteiger partial charge is 0.410 e. The van der Waals surface area contributed by atoms with Gasteiger partial charge in [-0.15, -0.1) is 0 Å². The second-order valence-corrected chi connectivity index (χ2v) is 7.90. The molecule has 0 bridgehead atoms. The number of hydrogen-bond acceptors (Lipinski definition) is 6. The molecular weight excluding hydrogens is 367 g/mol. The average molecular weight is 392 g/mol. The van der Waals surface area contributed by atoms with E-state index in [4.69, 9.17) is 15.2 Å². The van der Waals surface area contributed by atoms with Crippen LogP contribution in [-0.2, 0) is 14.3 Å². The highest BCUT2D eigenvalue weighted by Gasteiger charge is 2.37. The molecule has 3 rings (SSSR count). The largest absolute Gasteiger partial charge is 0.458 e. The van der Waals surface area contributed by atoms with Crippen molar-refractivity contribution in [2.75, 3.05) is 18.8 Å². The molecule has 2 atom stereocenters. The first-order valence-electron chi connectivity index (χ1n) is 9.13. The Morgan fingerprint density at radius 1 is 1.32 bits per heavy atom. The first-order chi connectivity index (χ1) is 13.0. The highest BCUT2D eigenvalue weighted by Crippen LogP contribution is 2.32. The maximum Gasteiger partial charge on any atom is 0.410 e. The molecule has 0 spiro atoms. The van der Waals surface area contributed by atoms with Gasteiger partial charge in [-0.25, -0.2) is 14.2 Å². The van der Waals surface area contributed by atoms with Crippen LogP contribution >= 0.6 is 0 Å². The Hall–Kier alpha value is -2.84. The van der Waals surface area contributed by atoms with Crippen LogP contribution in [0.3, 0.4) is 0 Å². The number of benzene rings is 1. The van der Waals surface area contributed by atoms with Crippen LogP contribution in [0.15, 0.2) is 18.2 Å². The van der Waals surface area contributed by atoms with E-state index in [-0.39, 0.29) is 18.5 Å². The number of nitrogens with two attached hydrogens (primary N) is 1. The number of carbonyl (C=O) groups is 2. The zero-order valence-electron chi connectivity index (χ0n) is 16.4. The van der Waals surface area contributed by atoms with E-state index in [1.165, 1.54) is 24.0 Å². The number of anilines is 1. The van der Waals surface area contributed by atoms with Crippen molar-refractivity contribution >= 4 is 29.0 Å². The molecule has 1 aromatic carbocycles. The van der Waals surface area contributed by atoms with Gasteiger partial charge >= 0.3 is 12.1 Å². The van der Waals surface area contributed by atoms with Crippen molar-refractivity contribution in [1.29, 1.82) is 0 Å². The molecule has 1 aliphatic rings. The minimum atomic E-state index is -0.665. The number of carbonyl (C=O) groups excluding carboxylic acids is 2. The fourth-order valence-corrected chi connectivity index (χ4v) is 3.45. The van der Waals surface area contributed by atoms with Gasteiger partial charge in [0.05, 0.1) is 23.6 Å². The van der Waals surface area contributed by atoms with E-state index < -0.39 is 29.6 Å². The van der Waals surface area contributed by atoms with Crippen LogP contribution in [0, 0.1) is 5.82 Å². The topological polar surface area (TPSA) is 99.7 Å². The SMILES string of the molecule is CC(=O)OC1CN(C(=O)OC(C)(C)C)CCC1n1c(N)nc2ccc(F)cc21. The molecule has 2 N–H and O–H groups in total. The summed E-state index contributed by atoms with van der Waals surface area (Å²) in [5.74, 6) is -0.687. The number of nitrogens with zero attached hydrogens (tertiary/aromatic N) is 3. The second-order valence-electron chi connectivity index (χ2n) is 7.90. The summed E-state index contributed by atoms with van der Waals surface area (Å²) in [6, 6.07) is 3.83. The Labute approximate surface area is 162 Å². The monoisotopic (exact) mass is 392 g/mol. The Morgan fingerprint density at radius 2 is 2.04 bits per heavy atom. The molecule has 0 aliphatic carbocycles. The molecule has 0 saturated carbocycles. The number of likely N-dealkylation sites (tertiary alicyclic amines) is 1. The lowest BCUT2D eigenvalue weighted by Gasteiger charge is -2.39. The van der Waals surface area contributed by atoms with Crippen LogP contribution in [0.2, 0.25) is 0 Å². The predicted octanol–water partition coefficient (Wildman–Crippen LogP) is 2.87. The number of amides is 1. The van der Waals surface area contributed by atoms with E-state index in [2.05, 4.69) is 4.98 Å². The zero-order chi connectivity index (χ0) is 20.6. The predicted molar refractivity (Wildman–Crippen MR) is 101 cm³/mol. The lowest BCUT2D eigenvalue weighted by molar-refractivity contribution is -0.151. The summed E-state index contributed by atoms with van der Waals surface area (Å²) in [5, 5.41) is 0. The second kappa shape index (κ2) is 7.29. The van der Waals surface area contributed by atoms with Gasteiger partial charge in [0.15, 0.2) is 0 Å². The third-order valence-electron chi connectivity index (χ3n) is 4.50. The van der Waals surface area contributed by atoms with Gasteiger partial charge in [-0.05, 0) is 45.4 Å². The summed E-state index contributed by atoms with van der Waals surface area (Å²) < 4.78 is 26.4. The Morgan fingerprint density at radius 3 is 2.68 bits per heavy atom. The summed E-state index contributed by atoms with van der Waals surface area (Å²) in [6.45, 7) is 7.19. The van der Waals surface area contributed by atoms with Gasteiger partial charge in [-0.3, -0.25) is 4.79 Å². The fourth-order valence-electron chi connectivity index (χ4n) is 3.45. The number of ether oxygens (including phenoxy) is 2. The van der Waals surface area contributed by atoms with Crippen molar-refractivity contribution in [2.24, 2.45) is 0 Å². The molecule has 1 aliphatic heterocycles. The van der Waals surface area contributed by atoms with Crippen molar-refractivity contribution in [3.8, 4) is 0 Å². The van der Waals surface area contributed by atoms with Crippen molar-refractivity contribution in [2.45, 2.75) is 51.9 Å². The quantitative estimate of drug-likeness (QED) is 0.789.